The number of hydrogen-bond acceptors (Lipinski definition) is 3. The topological polar surface area (TPSA) is 60.9 Å². The highest BCUT2D eigenvalue weighted by Gasteiger charge is 2.29. The molecule has 0 aliphatic carbocycles. The second-order valence-corrected chi connectivity index (χ2v) is 6.73. The molecule has 1 unspecified atom stereocenters. The Hall–Kier alpha value is -1.10. The van der Waals surface area contributed by atoms with E-state index in [4.69, 9.17) is 5.11 Å². The third kappa shape index (κ3) is 5.12. The fraction of sp³-hybridized carbons (Fsp3) is 0.867. The predicted molar refractivity (Wildman–Crippen MR) is 78.6 cm³/mol. The van der Waals surface area contributed by atoms with Crippen molar-refractivity contribution in [2.45, 2.75) is 52.5 Å². The van der Waals surface area contributed by atoms with E-state index >= 15 is 0 Å². The van der Waals surface area contributed by atoms with Crippen LogP contribution in [0.5, 0.6) is 0 Å². The maximum Gasteiger partial charge on any atom is 0.307 e. The minimum Gasteiger partial charge on any atom is -0.481 e. The zero-order valence-corrected chi connectivity index (χ0v) is 13.2. The molecule has 1 atom stereocenters. The van der Waals surface area contributed by atoms with Gasteiger partial charge in [-0.25, -0.2) is 0 Å². The van der Waals surface area contributed by atoms with Gasteiger partial charge in [0.25, 0.3) is 0 Å². The van der Waals surface area contributed by atoms with E-state index in [0.29, 0.717) is 13.1 Å². The Bertz CT molecular complexity index is 344. The van der Waals surface area contributed by atoms with Gasteiger partial charge in [0.05, 0.1) is 12.5 Å². The van der Waals surface area contributed by atoms with Crippen LogP contribution in [0.25, 0.3) is 0 Å². The van der Waals surface area contributed by atoms with Crippen LogP contribution >= 0.6 is 0 Å². The van der Waals surface area contributed by atoms with Crippen LogP contribution in [0, 0.1) is 5.92 Å². The van der Waals surface area contributed by atoms with Crippen LogP contribution in [0.1, 0.15) is 47.0 Å². The Morgan fingerprint density at radius 1 is 1.20 bits per heavy atom. The molecule has 0 spiro atoms. The van der Waals surface area contributed by atoms with Crippen molar-refractivity contribution in [1.82, 2.24) is 9.80 Å². The molecule has 0 aromatic rings. The Labute approximate surface area is 121 Å². The number of aliphatic carboxylic acids is 1. The van der Waals surface area contributed by atoms with Crippen molar-refractivity contribution >= 4 is 11.9 Å². The third-order valence-electron chi connectivity index (χ3n) is 3.90. The summed E-state index contributed by atoms with van der Waals surface area (Å²) in [6.07, 6.45) is 3.35. The molecule has 20 heavy (non-hydrogen) atoms. The van der Waals surface area contributed by atoms with E-state index in [1.807, 2.05) is 30.6 Å². The number of nitrogens with zero attached hydrogens (tertiary/aromatic N) is 2. The zero-order chi connectivity index (χ0) is 15.3. The molecule has 1 N–H and O–H groups in total. The van der Waals surface area contributed by atoms with E-state index < -0.39 is 11.9 Å². The van der Waals surface area contributed by atoms with E-state index in [-0.39, 0.29) is 11.4 Å². The summed E-state index contributed by atoms with van der Waals surface area (Å²) in [6.45, 7) is 10.1. The highest BCUT2D eigenvalue weighted by molar-refractivity contribution is 5.78. The van der Waals surface area contributed by atoms with Gasteiger partial charge in [-0.1, -0.05) is 6.92 Å². The second kappa shape index (κ2) is 7.07. The molecule has 1 saturated heterocycles. The summed E-state index contributed by atoms with van der Waals surface area (Å²) >= 11 is 0. The van der Waals surface area contributed by atoms with Crippen molar-refractivity contribution in [2.75, 3.05) is 26.2 Å². The van der Waals surface area contributed by atoms with Crippen LogP contribution in [0.4, 0.5) is 0 Å². The van der Waals surface area contributed by atoms with Crippen LogP contribution in [0.15, 0.2) is 0 Å². The number of carboxylic acid groups (broad SMARTS) is 1. The average Bonchev–Trinajstić information content (AvgIpc) is 2.37. The Balaban J connectivity index is 2.64. The van der Waals surface area contributed by atoms with Gasteiger partial charge in [0.2, 0.25) is 5.91 Å². The molecule has 5 nitrogen and oxygen atoms in total. The number of rotatable bonds is 5. The van der Waals surface area contributed by atoms with Crippen molar-refractivity contribution in [3.8, 4) is 0 Å². The number of carbonyl (C=O) groups is 2. The molecule has 1 aliphatic heterocycles. The SMILES string of the molecule is CC(CN(CC(=O)N1CCCCC1)C(C)(C)C)C(=O)O. The summed E-state index contributed by atoms with van der Waals surface area (Å²) in [4.78, 5) is 27.3. The number of piperidine rings is 1. The molecule has 1 rings (SSSR count). The molecule has 0 saturated carbocycles. The van der Waals surface area contributed by atoms with Gasteiger partial charge >= 0.3 is 5.97 Å². The third-order valence-corrected chi connectivity index (χ3v) is 3.90. The van der Waals surface area contributed by atoms with E-state index in [1.165, 1.54) is 6.42 Å². The minimum absolute atomic E-state index is 0.122. The largest absolute Gasteiger partial charge is 0.481 e. The van der Waals surface area contributed by atoms with Gasteiger partial charge in [-0.2, -0.15) is 0 Å². The summed E-state index contributed by atoms with van der Waals surface area (Å²) in [5.41, 5.74) is -0.213. The molecule has 0 radical (unpaired) electrons. The maximum atomic E-state index is 12.3. The van der Waals surface area contributed by atoms with Gasteiger partial charge in [-0.3, -0.25) is 14.5 Å². The van der Waals surface area contributed by atoms with Gasteiger partial charge in [0.15, 0.2) is 0 Å². The Morgan fingerprint density at radius 2 is 1.75 bits per heavy atom. The van der Waals surface area contributed by atoms with E-state index in [9.17, 15) is 9.59 Å². The van der Waals surface area contributed by atoms with Crippen molar-refractivity contribution in [3.63, 3.8) is 0 Å². The quantitative estimate of drug-likeness (QED) is 0.836. The van der Waals surface area contributed by atoms with Crippen LogP contribution in [0.2, 0.25) is 0 Å². The van der Waals surface area contributed by atoms with Crippen LogP contribution in [-0.2, 0) is 9.59 Å². The summed E-state index contributed by atoms with van der Waals surface area (Å²) in [5, 5.41) is 9.06. The van der Waals surface area contributed by atoms with E-state index in [1.54, 1.807) is 6.92 Å². The average molecular weight is 284 g/mol. The number of carbonyl (C=O) groups excluding carboxylic acids is 1. The Morgan fingerprint density at radius 3 is 2.20 bits per heavy atom. The first kappa shape index (κ1) is 17.0. The molecule has 1 amide bonds. The number of carboxylic acids is 1. The van der Waals surface area contributed by atoms with Crippen molar-refractivity contribution in [3.05, 3.63) is 0 Å². The summed E-state index contributed by atoms with van der Waals surface area (Å²) in [7, 11) is 0. The lowest BCUT2D eigenvalue weighted by atomic mass is 10.0. The fourth-order valence-corrected chi connectivity index (χ4v) is 2.39. The highest BCUT2D eigenvalue weighted by Crippen LogP contribution is 2.17. The van der Waals surface area contributed by atoms with Crippen LogP contribution in [-0.4, -0.2) is 58.5 Å². The second-order valence-electron chi connectivity index (χ2n) is 6.73. The number of hydrogen-bond donors (Lipinski definition) is 1. The number of likely N-dealkylation sites (tertiary alicyclic amines) is 1. The van der Waals surface area contributed by atoms with Gasteiger partial charge in [-0.15, -0.1) is 0 Å². The van der Waals surface area contributed by atoms with E-state index in [2.05, 4.69) is 0 Å². The monoisotopic (exact) mass is 284 g/mol. The first-order valence-electron chi connectivity index (χ1n) is 7.47. The first-order valence-corrected chi connectivity index (χ1v) is 7.47. The molecule has 1 aliphatic rings. The predicted octanol–water partition coefficient (Wildman–Crippen LogP) is 1.82. The molecule has 5 heteroatoms. The standard InChI is InChI=1S/C15H28N2O3/c1-12(14(19)20)10-17(15(2,3)4)11-13(18)16-8-6-5-7-9-16/h12H,5-11H2,1-4H3,(H,19,20). The van der Waals surface area contributed by atoms with Crippen LogP contribution < -0.4 is 0 Å². The highest BCUT2D eigenvalue weighted by atomic mass is 16.4. The van der Waals surface area contributed by atoms with Gasteiger partial charge in [0.1, 0.15) is 0 Å². The smallest absolute Gasteiger partial charge is 0.307 e. The molecule has 1 heterocycles. The van der Waals surface area contributed by atoms with Crippen molar-refractivity contribution < 1.29 is 14.7 Å². The normalized spacial score (nSPS) is 18.1. The lowest BCUT2D eigenvalue weighted by molar-refractivity contribution is -0.144. The molecule has 116 valence electrons. The number of amides is 1. The molecular formula is C15H28N2O3. The van der Waals surface area contributed by atoms with Crippen LogP contribution in [0.3, 0.4) is 0 Å². The van der Waals surface area contributed by atoms with Crippen molar-refractivity contribution in [1.29, 1.82) is 0 Å². The molecular weight excluding hydrogens is 256 g/mol. The summed E-state index contributed by atoms with van der Waals surface area (Å²) < 4.78 is 0. The fourth-order valence-electron chi connectivity index (χ4n) is 2.39. The van der Waals surface area contributed by atoms with E-state index in [0.717, 1.165) is 25.9 Å². The molecule has 0 aromatic carbocycles. The van der Waals surface area contributed by atoms with Gasteiger partial charge in [-0.05, 0) is 40.0 Å². The zero-order valence-electron chi connectivity index (χ0n) is 13.2. The van der Waals surface area contributed by atoms with Crippen molar-refractivity contribution in [2.24, 2.45) is 5.92 Å². The molecule has 0 bridgehead atoms. The molecule has 0 aromatic heterocycles. The minimum atomic E-state index is -0.815. The van der Waals surface area contributed by atoms with Gasteiger partial charge < -0.3 is 10.0 Å². The Kier molecular flexibility index (Phi) is 5.99. The summed E-state index contributed by atoms with van der Waals surface area (Å²) in [6, 6.07) is 0. The van der Waals surface area contributed by atoms with Gasteiger partial charge in [0, 0.05) is 25.2 Å². The lowest BCUT2D eigenvalue weighted by Gasteiger charge is -2.38. The molecule has 1 fully saturated rings. The lowest BCUT2D eigenvalue weighted by Crippen LogP contribution is -2.51. The summed E-state index contributed by atoms with van der Waals surface area (Å²) in [5.74, 6) is -1.16. The first-order chi connectivity index (χ1) is 9.21. The maximum absolute atomic E-state index is 12.3.